The zero-order valence-corrected chi connectivity index (χ0v) is 14.0. The zero-order valence-electron chi connectivity index (χ0n) is 10.8. The standard InChI is InChI=1S/C13H13Br2N3O/c1-7-12(8(2)18(3)17-7)16-13(19)9-4-10(14)6-11(15)5-9/h4-6H,1-3H3,(H,16,19). The van der Waals surface area contributed by atoms with Crippen LogP contribution in [0.2, 0.25) is 0 Å². The van der Waals surface area contributed by atoms with Crippen LogP contribution >= 0.6 is 31.9 Å². The Kier molecular flexibility index (Phi) is 4.10. The van der Waals surface area contributed by atoms with E-state index in [0.29, 0.717) is 5.56 Å². The highest BCUT2D eigenvalue weighted by Crippen LogP contribution is 2.23. The van der Waals surface area contributed by atoms with E-state index in [1.165, 1.54) is 0 Å². The Labute approximate surface area is 128 Å². The topological polar surface area (TPSA) is 46.9 Å². The molecule has 0 saturated carbocycles. The van der Waals surface area contributed by atoms with E-state index in [9.17, 15) is 4.79 Å². The molecule has 0 aliphatic heterocycles. The predicted octanol–water partition coefficient (Wildman–Crippen LogP) is 3.81. The van der Waals surface area contributed by atoms with Gasteiger partial charge in [0.1, 0.15) is 0 Å². The van der Waals surface area contributed by atoms with Gasteiger partial charge < -0.3 is 5.32 Å². The van der Waals surface area contributed by atoms with E-state index in [2.05, 4.69) is 42.3 Å². The van der Waals surface area contributed by atoms with Gasteiger partial charge in [-0.25, -0.2) is 0 Å². The second-order valence-corrected chi connectivity index (χ2v) is 6.11. The highest BCUT2D eigenvalue weighted by molar-refractivity contribution is 9.11. The molecule has 0 unspecified atom stereocenters. The van der Waals surface area contributed by atoms with Crippen LogP contribution in [0.4, 0.5) is 5.69 Å². The van der Waals surface area contributed by atoms with Crippen molar-refractivity contribution >= 4 is 43.5 Å². The molecular weight excluding hydrogens is 374 g/mol. The van der Waals surface area contributed by atoms with Gasteiger partial charge in [-0.1, -0.05) is 31.9 Å². The van der Waals surface area contributed by atoms with Gasteiger partial charge in [0.2, 0.25) is 0 Å². The lowest BCUT2D eigenvalue weighted by molar-refractivity contribution is 0.102. The first kappa shape index (κ1) is 14.3. The van der Waals surface area contributed by atoms with E-state index in [4.69, 9.17) is 0 Å². The highest BCUT2D eigenvalue weighted by atomic mass is 79.9. The van der Waals surface area contributed by atoms with Crippen LogP contribution in [0, 0.1) is 13.8 Å². The molecular formula is C13H13Br2N3O. The van der Waals surface area contributed by atoms with Gasteiger partial charge in [-0.05, 0) is 32.0 Å². The average Bonchev–Trinajstić information content (AvgIpc) is 2.54. The fraction of sp³-hybridized carbons (Fsp3) is 0.231. The first-order chi connectivity index (χ1) is 8.88. The quantitative estimate of drug-likeness (QED) is 0.852. The summed E-state index contributed by atoms with van der Waals surface area (Å²) in [5.41, 5.74) is 3.09. The van der Waals surface area contributed by atoms with Gasteiger partial charge in [0, 0.05) is 21.6 Å². The molecule has 0 fully saturated rings. The maximum atomic E-state index is 12.2. The number of carbonyl (C=O) groups is 1. The van der Waals surface area contributed by atoms with E-state index in [-0.39, 0.29) is 5.91 Å². The van der Waals surface area contributed by atoms with E-state index in [1.807, 2.05) is 27.0 Å². The summed E-state index contributed by atoms with van der Waals surface area (Å²) in [6, 6.07) is 5.44. The molecule has 0 bridgehead atoms. The zero-order chi connectivity index (χ0) is 14.2. The van der Waals surface area contributed by atoms with Gasteiger partial charge >= 0.3 is 0 Å². The summed E-state index contributed by atoms with van der Waals surface area (Å²) < 4.78 is 3.46. The molecule has 100 valence electrons. The fourth-order valence-corrected chi connectivity index (χ4v) is 3.12. The van der Waals surface area contributed by atoms with Gasteiger partial charge in [-0.3, -0.25) is 9.48 Å². The first-order valence-corrected chi connectivity index (χ1v) is 7.24. The fourth-order valence-electron chi connectivity index (χ4n) is 1.83. The smallest absolute Gasteiger partial charge is 0.255 e. The summed E-state index contributed by atoms with van der Waals surface area (Å²) in [6.45, 7) is 3.80. The van der Waals surface area contributed by atoms with Crippen molar-refractivity contribution < 1.29 is 4.79 Å². The maximum absolute atomic E-state index is 12.2. The lowest BCUT2D eigenvalue weighted by atomic mass is 10.2. The van der Waals surface area contributed by atoms with Gasteiger partial charge in [-0.15, -0.1) is 0 Å². The third-order valence-electron chi connectivity index (χ3n) is 2.87. The molecule has 1 aromatic carbocycles. The number of carbonyl (C=O) groups excluding carboxylic acids is 1. The summed E-state index contributed by atoms with van der Waals surface area (Å²) >= 11 is 6.75. The van der Waals surface area contributed by atoms with E-state index >= 15 is 0 Å². The lowest BCUT2D eigenvalue weighted by Gasteiger charge is -2.06. The molecule has 1 aromatic heterocycles. The molecule has 0 aliphatic carbocycles. The summed E-state index contributed by atoms with van der Waals surface area (Å²) in [5.74, 6) is -0.152. The monoisotopic (exact) mass is 385 g/mol. The van der Waals surface area contributed by atoms with Crippen LogP contribution in [0.1, 0.15) is 21.7 Å². The van der Waals surface area contributed by atoms with Crippen LogP contribution < -0.4 is 5.32 Å². The van der Waals surface area contributed by atoms with Crippen LogP contribution in [-0.2, 0) is 7.05 Å². The Bertz CT molecular complexity index is 629. The van der Waals surface area contributed by atoms with Gasteiger partial charge in [0.05, 0.1) is 17.1 Å². The number of aromatic nitrogens is 2. The van der Waals surface area contributed by atoms with Gasteiger partial charge in [-0.2, -0.15) is 5.10 Å². The lowest BCUT2D eigenvalue weighted by Crippen LogP contribution is -2.13. The Morgan fingerprint density at radius 3 is 2.26 bits per heavy atom. The SMILES string of the molecule is Cc1nn(C)c(C)c1NC(=O)c1cc(Br)cc(Br)c1. The summed E-state index contributed by atoms with van der Waals surface area (Å²) in [7, 11) is 1.85. The van der Waals surface area contributed by atoms with Crippen LogP contribution in [0.5, 0.6) is 0 Å². The molecule has 1 heterocycles. The van der Waals surface area contributed by atoms with Crippen molar-refractivity contribution in [3.8, 4) is 0 Å². The van der Waals surface area contributed by atoms with E-state index in [1.54, 1.807) is 16.8 Å². The third kappa shape index (κ3) is 3.06. The van der Waals surface area contributed by atoms with Crippen LogP contribution in [0.3, 0.4) is 0 Å². The Hall–Kier alpha value is -1.14. The Morgan fingerprint density at radius 1 is 1.21 bits per heavy atom. The van der Waals surface area contributed by atoms with Crippen molar-refractivity contribution in [3.63, 3.8) is 0 Å². The van der Waals surface area contributed by atoms with Gasteiger partial charge in [0.15, 0.2) is 0 Å². The van der Waals surface area contributed by atoms with Crippen molar-refractivity contribution in [1.82, 2.24) is 9.78 Å². The first-order valence-electron chi connectivity index (χ1n) is 5.66. The van der Waals surface area contributed by atoms with Crippen LogP contribution in [0.25, 0.3) is 0 Å². The normalized spacial score (nSPS) is 10.6. The number of anilines is 1. The molecule has 6 heteroatoms. The molecule has 4 nitrogen and oxygen atoms in total. The minimum Gasteiger partial charge on any atom is -0.319 e. The van der Waals surface area contributed by atoms with Crippen molar-refractivity contribution in [2.45, 2.75) is 13.8 Å². The van der Waals surface area contributed by atoms with Crippen LogP contribution in [-0.4, -0.2) is 15.7 Å². The number of hydrogen-bond donors (Lipinski definition) is 1. The maximum Gasteiger partial charge on any atom is 0.255 e. The summed E-state index contributed by atoms with van der Waals surface area (Å²) in [6.07, 6.45) is 0. The molecule has 0 radical (unpaired) electrons. The highest BCUT2D eigenvalue weighted by Gasteiger charge is 2.14. The molecule has 19 heavy (non-hydrogen) atoms. The molecule has 0 aliphatic rings. The molecule has 0 spiro atoms. The number of nitrogens with one attached hydrogen (secondary N) is 1. The molecule has 0 saturated heterocycles. The minimum absolute atomic E-state index is 0.152. The molecule has 1 amide bonds. The number of nitrogens with zero attached hydrogens (tertiary/aromatic N) is 2. The number of halogens is 2. The van der Waals surface area contributed by atoms with Crippen molar-refractivity contribution in [1.29, 1.82) is 0 Å². The van der Waals surface area contributed by atoms with E-state index in [0.717, 1.165) is 26.0 Å². The summed E-state index contributed by atoms with van der Waals surface area (Å²) in [4.78, 5) is 12.2. The minimum atomic E-state index is -0.152. The molecule has 2 rings (SSSR count). The second kappa shape index (κ2) is 5.46. The van der Waals surface area contributed by atoms with Gasteiger partial charge in [0.25, 0.3) is 5.91 Å². The molecule has 2 aromatic rings. The largest absolute Gasteiger partial charge is 0.319 e. The predicted molar refractivity (Wildman–Crippen MR) is 82.5 cm³/mol. The Balaban J connectivity index is 2.30. The number of hydrogen-bond acceptors (Lipinski definition) is 2. The number of amides is 1. The third-order valence-corrected chi connectivity index (χ3v) is 3.79. The molecule has 1 N–H and O–H groups in total. The van der Waals surface area contributed by atoms with Crippen molar-refractivity contribution in [3.05, 3.63) is 44.1 Å². The Morgan fingerprint density at radius 2 is 1.79 bits per heavy atom. The van der Waals surface area contributed by atoms with E-state index < -0.39 is 0 Å². The van der Waals surface area contributed by atoms with Crippen molar-refractivity contribution in [2.24, 2.45) is 7.05 Å². The number of rotatable bonds is 2. The summed E-state index contributed by atoms with van der Waals surface area (Å²) in [5, 5.41) is 7.18. The average molecular weight is 387 g/mol. The molecule has 0 atom stereocenters. The number of benzene rings is 1. The van der Waals surface area contributed by atoms with Crippen LogP contribution in [0.15, 0.2) is 27.1 Å². The number of aryl methyl sites for hydroxylation is 2. The second-order valence-electron chi connectivity index (χ2n) is 4.28. The van der Waals surface area contributed by atoms with Crippen molar-refractivity contribution in [2.75, 3.05) is 5.32 Å².